The Morgan fingerprint density at radius 1 is 1.36 bits per heavy atom. The van der Waals surface area contributed by atoms with Crippen LogP contribution in [-0.4, -0.2) is 65.6 Å². The molecule has 0 bridgehead atoms. The first-order valence-corrected chi connectivity index (χ1v) is 9.99. The maximum absolute atomic E-state index is 11.4. The van der Waals surface area contributed by atoms with Gasteiger partial charge in [-0.05, 0) is 37.5 Å². The van der Waals surface area contributed by atoms with E-state index >= 15 is 0 Å². The van der Waals surface area contributed by atoms with E-state index < -0.39 is 11.4 Å². The topological polar surface area (TPSA) is 74.6 Å². The highest BCUT2D eigenvalue weighted by molar-refractivity contribution is 6.32. The number of likely N-dealkylation sites (tertiary alicyclic amines) is 2. The van der Waals surface area contributed by atoms with Gasteiger partial charge in [0.25, 0.3) is 0 Å². The van der Waals surface area contributed by atoms with E-state index in [1.165, 1.54) is 0 Å². The van der Waals surface area contributed by atoms with Crippen molar-refractivity contribution in [3.05, 3.63) is 28.8 Å². The Kier molecular flexibility index (Phi) is 4.91. The van der Waals surface area contributed by atoms with E-state index in [0.29, 0.717) is 23.6 Å². The molecule has 0 radical (unpaired) electrons. The van der Waals surface area contributed by atoms with Crippen LogP contribution >= 0.6 is 11.6 Å². The quantitative estimate of drug-likeness (QED) is 0.827. The lowest BCUT2D eigenvalue weighted by molar-refractivity contribution is -0.150. The first-order valence-electron chi connectivity index (χ1n) is 9.61. The van der Waals surface area contributed by atoms with E-state index in [1.54, 1.807) is 7.11 Å². The molecule has 2 fully saturated rings. The number of hydrogen-bond donors (Lipinski definition) is 1. The molecular formula is C20H26ClN3O4. The lowest BCUT2D eigenvalue weighted by atomic mass is 9.80. The molecule has 0 atom stereocenters. The van der Waals surface area contributed by atoms with Crippen LogP contribution in [-0.2, 0) is 16.2 Å². The molecule has 28 heavy (non-hydrogen) atoms. The van der Waals surface area contributed by atoms with Crippen LogP contribution in [0.25, 0.3) is 0 Å². The van der Waals surface area contributed by atoms with Gasteiger partial charge in [0.2, 0.25) is 0 Å². The van der Waals surface area contributed by atoms with Crippen LogP contribution < -0.4 is 4.74 Å². The van der Waals surface area contributed by atoms with Crippen LogP contribution in [0.5, 0.6) is 5.75 Å². The minimum atomic E-state index is -0.707. The fraction of sp³-hybridized carbons (Fsp3) is 0.600. The predicted octanol–water partition coefficient (Wildman–Crippen LogP) is 2.82. The molecule has 0 aromatic heterocycles. The Balaban J connectivity index is 1.28. The highest BCUT2D eigenvalue weighted by atomic mass is 35.5. The van der Waals surface area contributed by atoms with Gasteiger partial charge in [-0.2, -0.15) is 0 Å². The molecule has 1 aromatic carbocycles. The summed E-state index contributed by atoms with van der Waals surface area (Å²) in [6, 6.07) is 5.85. The van der Waals surface area contributed by atoms with Crippen molar-refractivity contribution in [2.75, 3.05) is 33.3 Å². The SMILES string of the molecule is COc1cc(CN2CC3(CC(N4CCC(C)(C(=O)O)CC4)=NO3)C2)ccc1Cl. The number of methoxy groups -OCH3 is 1. The molecule has 4 rings (SSSR count). The number of carbonyl (C=O) groups is 1. The molecule has 3 aliphatic heterocycles. The summed E-state index contributed by atoms with van der Waals surface area (Å²) in [5.74, 6) is 0.942. The Labute approximate surface area is 169 Å². The number of benzene rings is 1. The van der Waals surface area contributed by atoms with Crippen molar-refractivity contribution in [3.8, 4) is 5.75 Å². The third-order valence-corrected chi connectivity index (χ3v) is 6.53. The van der Waals surface area contributed by atoms with E-state index in [-0.39, 0.29) is 5.60 Å². The summed E-state index contributed by atoms with van der Waals surface area (Å²) in [6.07, 6.45) is 2.06. The number of amidine groups is 1. The van der Waals surface area contributed by atoms with Gasteiger partial charge in [0.15, 0.2) is 5.60 Å². The van der Waals surface area contributed by atoms with Crippen LogP contribution in [0.15, 0.2) is 23.4 Å². The number of ether oxygens (including phenoxy) is 1. The zero-order valence-corrected chi connectivity index (χ0v) is 17.0. The van der Waals surface area contributed by atoms with Crippen LogP contribution in [0.3, 0.4) is 0 Å². The number of carboxylic acid groups (broad SMARTS) is 1. The fourth-order valence-corrected chi connectivity index (χ4v) is 4.45. The molecule has 8 heteroatoms. The molecule has 3 heterocycles. The highest BCUT2D eigenvalue weighted by Gasteiger charge is 2.51. The molecule has 1 spiro atoms. The first kappa shape index (κ1) is 19.3. The summed E-state index contributed by atoms with van der Waals surface area (Å²) in [5, 5.41) is 14.3. The van der Waals surface area contributed by atoms with Crippen LogP contribution in [0.2, 0.25) is 5.02 Å². The van der Waals surface area contributed by atoms with Gasteiger partial charge in [0, 0.05) is 32.7 Å². The molecule has 0 amide bonds. The number of oxime groups is 1. The predicted molar refractivity (Wildman–Crippen MR) is 106 cm³/mol. The summed E-state index contributed by atoms with van der Waals surface area (Å²) >= 11 is 6.09. The van der Waals surface area contributed by atoms with Crippen LogP contribution in [0.4, 0.5) is 0 Å². The third-order valence-electron chi connectivity index (χ3n) is 6.22. The van der Waals surface area contributed by atoms with E-state index in [1.807, 2.05) is 25.1 Å². The molecule has 1 N–H and O–H groups in total. The van der Waals surface area contributed by atoms with Gasteiger partial charge in [-0.15, -0.1) is 0 Å². The number of nitrogens with zero attached hydrogens (tertiary/aromatic N) is 3. The average molecular weight is 408 g/mol. The van der Waals surface area contributed by atoms with Crippen molar-refractivity contribution in [2.24, 2.45) is 10.6 Å². The highest BCUT2D eigenvalue weighted by Crippen LogP contribution is 2.38. The number of carboxylic acids is 1. The number of piperidine rings is 1. The van der Waals surface area contributed by atoms with E-state index in [0.717, 1.165) is 50.5 Å². The van der Waals surface area contributed by atoms with Crippen molar-refractivity contribution >= 4 is 23.4 Å². The van der Waals surface area contributed by atoms with Gasteiger partial charge >= 0.3 is 5.97 Å². The van der Waals surface area contributed by atoms with Crippen LogP contribution in [0.1, 0.15) is 31.7 Å². The van der Waals surface area contributed by atoms with Crippen molar-refractivity contribution in [1.82, 2.24) is 9.80 Å². The van der Waals surface area contributed by atoms with Crippen molar-refractivity contribution in [3.63, 3.8) is 0 Å². The van der Waals surface area contributed by atoms with E-state index in [2.05, 4.69) is 15.0 Å². The molecule has 0 saturated carbocycles. The van der Waals surface area contributed by atoms with Crippen molar-refractivity contribution < 1.29 is 19.5 Å². The maximum Gasteiger partial charge on any atom is 0.309 e. The summed E-state index contributed by atoms with van der Waals surface area (Å²) in [4.78, 5) is 21.7. The molecule has 0 unspecified atom stereocenters. The van der Waals surface area contributed by atoms with Crippen LogP contribution in [0, 0.1) is 5.41 Å². The lowest BCUT2D eigenvalue weighted by Crippen LogP contribution is -2.61. The Morgan fingerprint density at radius 2 is 2.07 bits per heavy atom. The molecular weight excluding hydrogens is 382 g/mol. The number of halogens is 1. The van der Waals surface area contributed by atoms with Gasteiger partial charge < -0.3 is 19.6 Å². The average Bonchev–Trinajstić information content (AvgIpc) is 3.09. The fourth-order valence-electron chi connectivity index (χ4n) is 4.25. The van der Waals surface area contributed by atoms with Gasteiger partial charge in [0.05, 0.1) is 24.0 Å². The lowest BCUT2D eigenvalue weighted by Gasteiger charge is -2.45. The maximum atomic E-state index is 11.4. The zero-order chi connectivity index (χ0) is 19.9. The first-order chi connectivity index (χ1) is 13.3. The molecule has 0 aliphatic carbocycles. The monoisotopic (exact) mass is 407 g/mol. The second-order valence-electron chi connectivity index (χ2n) is 8.43. The number of rotatable bonds is 4. The summed E-state index contributed by atoms with van der Waals surface area (Å²) in [6.45, 7) is 5.73. The number of aliphatic carboxylic acids is 1. The zero-order valence-electron chi connectivity index (χ0n) is 16.3. The standard InChI is InChI=1S/C20H26ClN3O4/c1-19(18(25)26)5-7-24(8-6-19)17-10-20(28-22-17)12-23(13-20)11-14-3-4-15(21)16(9-14)27-2/h3-4,9H,5-8,10-13H2,1-2H3,(H,25,26). The second-order valence-corrected chi connectivity index (χ2v) is 8.83. The van der Waals surface area contributed by atoms with Gasteiger partial charge in [-0.1, -0.05) is 22.8 Å². The minimum absolute atomic E-state index is 0.237. The second kappa shape index (κ2) is 7.12. The van der Waals surface area contributed by atoms with E-state index in [9.17, 15) is 9.90 Å². The summed E-state index contributed by atoms with van der Waals surface area (Å²) in [7, 11) is 1.62. The molecule has 7 nitrogen and oxygen atoms in total. The Hall–Kier alpha value is -1.99. The Morgan fingerprint density at radius 3 is 2.71 bits per heavy atom. The number of hydrogen-bond acceptors (Lipinski definition) is 6. The largest absolute Gasteiger partial charge is 0.495 e. The minimum Gasteiger partial charge on any atom is -0.495 e. The van der Waals surface area contributed by atoms with E-state index in [4.69, 9.17) is 21.2 Å². The van der Waals surface area contributed by atoms with Crippen molar-refractivity contribution in [1.29, 1.82) is 0 Å². The Bertz CT molecular complexity index is 799. The molecule has 152 valence electrons. The third kappa shape index (κ3) is 3.53. The molecule has 3 aliphatic rings. The molecule has 2 saturated heterocycles. The van der Waals surface area contributed by atoms with Gasteiger partial charge in [-0.25, -0.2) is 0 Å². The van der Waals surface area contributed by atoms with Gasteiger partial charge in [-0.3, -0.25) is 9.69 Å². The summed E-state index contributed by atoms with van der Waals surface area (Å²) in [5.41, 5.74) is 0.291. The van der Waals surface area contributed by atoms with Crippen molar-refractivity contribution in [2.45, 2.75) is 38.3 Å². The summed E-state index contributed by atoms with van der Waals surface area (Å²) < 4.78 is 5.29. The molecule has 1 aromatic rings. The van der Waals surface area contributed by atoms with Gasteiger partial charge in [0.1, 0.15) is 11.6 Å². The smallest absolute Gasteiger partial charge is 0.309 e. The normalized spacial score (nSPS) is 23.1.